The van der Waals surface area contributed by atoms with Crippen LogP contribution in [0.4, 0.5) is 5.69 Å². The SMILES string of the molecule is CN(C/C=N/N)c1ccc(S(=O)(=O)N(C)C)c2nonc12. The number of fused-ring (bicyclic) bond motifs is 1. The van der Waals surface area contributed by atoms with Crippen molar-refractivity contribution < 1.29 is 13.0 Å². The molecular weight excluding hydrogens is 296 g/mol. The first-order chi connectivity index (χ1) is 9.89. The molecule has 0 aliphatic heterocycles. The van der Waals surface area contributed by atoms with E-state index >= 15 is 0 Å². The number of aromatic nitrogens is 2. The Bertz CT molecular complexity index is 767. The van der Waals surface area contributed by atoms with Crippen LogP contribution in [0.3, 0.4) is 0 Å². The van der Waals surface area contributed by atoms with Crippen LogP contribution in [-0.2, 0) is 10.0 Å². The van der Waals surface area contributed by atoms with E-state index in [1.54, 1.807) is 18.0 Å². The Morgan fingerprint density at radius 2 is 1.95 bits per heavy atom. The zero-order valence-corrected chi connectivity index (χ0v) is 12.7. The molecule has 0 atom stereocenters. The van der Waals surface area contributed by atoms with Gasteiger partial charge in [-0.2, -0.15) is 5.10 Å². The Labute approximate surface area is 122 Å². The standard InChI is InChI=1S/C11H16N6O3S/c1-16(2)21(18,19)9-5-4-8(17(3)7-6-13-12)10-11(9)15-20-14-10/h4-6H,7,12H2,1-3H3/b13-6+. The predicted octanol–water partition coefficient (Wildman–Crippen LogP) is -0.146. The van der Waals surface area contributed by atoms with Gasteiger partial charge in [-0.05, 0) is 22.4 Å². The Morgan fingerprint density at radius 1 is 1.29 bits per heavy atom. The quantitative estimate of drug-likeness (QED) is 0.463. The van der Waals surface area contributed by atoms with Crippen LogP contribution in [0.15, 0.2) is 26.8 Å². The van der Waals surface area contributed by atoms with Crippen molar-refractivity contribution in [2.24, 2.45) is 10.9 Å². The molecule has 9 nitrogen and oxygen atoms in total. The summed E-state index contributed by atoms with van der Waals surface area (Å²) in [6, 6.07) is 3.13. The van der Waals surface area contributed by atoms with Gasteiger partial charge < -0.3 is 10.7 Å². The van der Waals surface area contributed by atoms with Crippen LogP contribution in [0.2, 0.25) is 0 Å². The zero-order chi connectivity index (χ0) is 15.6. The molecule has 0 fully saturated rings. The van der Waals surface area contributed by atoms with Crippen LogP contribution in [0.25, 0.3) is 11.0 Å². The van der Waals surface area contributed by atoms with Gasteiger partial charge in [0.1, 0.15) is 4.90 Å². The third kappa shape index (κ3) is 2.67. The summed E-state index contributed by atoms with van der Waals surface area (Å²) in [4.78, 5) is 1.85. The molecule has 21 heavy (non-hydrogen) atoms. The van der Waals surface area contributed by atoms with Gasteiger partial charge in [0, 0.05) is 27.4 Å². The predicted molar refractivity (Wildman–Crippen MR) is 78.6 cm³/mol. The van der Waals surface area contributed by atoms with E-state index in [1.807, 2.05) is 0 Å². The van der Waals surface area contributed by atoms with Crippen LogP contribution < -0.4 is 10.7 Å². The molecular formula is C11H16N6O3S. The van der Waals surface area contributed by atoms with Crippen molar-refractivity contribution in [2.45, 2.75) is 4.90 Å². The highest BCUT2D eigenvalue weighted by molar-refractivity contribution is 7.89. The molecule has 0 unspecified atom stereocenters. The van der Waals surface area contributed by atoms with Crippen LogP contribution in [0, 0.1) is 0 Å². The van der Waals surface area contributed by atoms with Crippen LogP contribution in [0.1, 0.15) is 0 Å². The van der Waals surface area contributed by atoms with Gasteiger partial charge >= 0.3 is 0 Å². The highest BCUT2D eigenvalue weighted by Gasteiger charge is 2.25. The van der Waals surface area contributed by atoms with Gasteiger partial charge in [0.2, 0.25) is 10.0 Å². The number of hydrogen-bond acceptors (Lipinski definition) is 8. The summed E-state index contributed by atoms with van der Waals surface area (Å²) in [5, 5.41) is 10.9. The molecule has 0 spiro atoms. The topological polar surface area (TPSA) is 118 Å². The average molecular weight is 312 g/mol. The Morgan fingerprint density at radius 3 is 2.57 bits per heavy atom. The highest BCUT2D eigenvalue weighted by atomic mass is 32.2. The second-order valence-corrected chi connectivity index (χ2v) is 6.66. The summed E-state index contributed by atoms with van der Waals surface area (Å²) in [5.74, 6) is 5.07. The minimum absolute atomic E-state index is 0.0494. The van der Waals surface area contributed by atoms with Crippen molar-refractivity contribution in [2.75, 3.05) is 32.6 Å². The summed E-state index contributed by atoms with van der Waals surface area (Å²) in [6.45, 7) is 0.443. The lowest BCUT2D eigenvalue weighted by Crippen LogP contribution is -2.23. The van der Waals surface area contributed by atoms with Crippen molar-refractivity contribution in [3.63, 3.8) is 0 Å². The highest BCUT2D eigenvalue weighted by Crippen LogP contribution is 2.29. The third-order valence-corrected chi connectivity index (χ3v) is 4.83. The number of hydrogen-bond donors (Lipinski definition) is 1. The van der Waals surface area contributed by atoms with E-state index in [-0.39, 0.29) is 10.4 Å². The minimum atomic E-state index is -3.63. The van der Waals surface area contributed by atoms with E-state index in [4.69, 9.17) is 10.5 Å². The van der Waals surface area contributed by atoms with Gasteiger partial charge in [0.25, 0.3) is 0 Å². The van der Waals surface area contributed by atoms with Crippen molar-refractivity contribution in [3.8, 4) is 0 Å². The number of rotatable bonds is 5. The summed E-state index contributed by atoms with van der Waals surface area (Å²) >= 11 is 0. The van der Waals surface area contributed by atoms with Crippen molar-refractivity contribution in [3.05, 3.63) is 12.1 Å². The number of hydrazone groups is 1. The molecule has 0 saturated carbocycles. The molecule has 0 saturated heterocycles. The molecule has 2 N–H and O–H groups in total. The maximum atomic E-state index is 12.3. The van der Waals surface area contributed by atoms with Crippen LogP contribution >= 0.6 is 0 Å². The van der Waals surface area contributed by atoms with Crippen LogP contribution in [-0.4, -0.2) is 56.9 Å². The molecule has 0 amide bonds. The molecule has 1 aromatic carbocycles. The Hall–Kier alpha value is -2.20. The zero-order valence-electron chi connectivity index (χ0n) is 11.9. The fourth-order valence-electron chi connectivity index (χ4n) is 1.81. The van der Waals surface area contributed by atoms with E-state index in [2.05, 4.69) is 15.4 Å². The summed E-state index contributed by atoms with van der Waals surface area (Å²) in [5.41, 5.74) is 1.23. The van der Waals surface area contributed by atoms with Gasteiger partial charge in [0.15, 0.2) is 11.0 Å². The second-order valence-electron chi connectivity index (χ2n) is 4.54. The molecule has 0 radical (unpaired) electrons. The molecule has 0 aliphatic rings. The van der Waals surface area contributed by atoms with Gasteiger partial charge in [-0.3, -0.25) is 0 Å². The number of sulfonamides is 1. The first kappa shape index (κ1) is 15.2. The fourth-order valence-corrected chi connectivity index (χ4v) is 2.82. The van der Waals surface area contributed by atoms with Gasteiger partial charge in [-0.25, -0.2) is 17.4 Å². The first-order valence-electron chi connectivity index (χ1n) is 6.00. The van der Waals surface area contributed by atoms with E-state index in [9.17, 15) is 8.42 Å². The largest absolute Gasteiger partial charge is 0.367 e. The number of benzene rings is 1. The summed E-state index contributed by atoms with van der Waals surface area (Å²) in [7, 11) is 1.07. The molecule has 114 valence electrons. The molecule has 0 bridgehead atoms. The molecule has 1 heterocycles. The van der Waals surface area contributed by atoms with E-state index in [0.717, 1.165) is 4.31 Å². The summed E-state index contributed by atoms with van der Waals surface area (Å²) in [6.07, 6.45) is 1.52. The van der Waals surface area contributed by atoms with E-state index in [1.165, 1.54) is 26.4 Å². The van der Waals surface area contributed by atoms with E-state index in [0.29, 0.717) is 17.7 Å². The molecule has 2 aromatic rings. The van der Waals surface area contributed by atoms with Crippen molar-refractivity contribution in [1.29, 1.82) is 0 Å². The van der Waals surface area contributed by atoms with Gasteiger partial charge in [-0.1, -0.05) is 0 Å². The van der Waals surface area contributed by atoms with Crippen molar-refractivity contribution in [1.82, 2.24) is 14.6 Å². The van der Waals surface area contributed by atoms with Gasteiger partial charge in [-0.15, -0.1) is 0 Å². The Kier molecular flexibility index (Phi) is 4.09. The average Bonchev–Trinajstić information content (AvgIpc) is 2.92. The lowest BCUT2D eigenvalue weighted by molar-refractivity contribution is 0.315. The minimum Gasteiger partial charge on any atom is -0.367 e. The normalized spacial score (nSPS) is 12.6. The number of nitrogens with zero attached hydrogens (tertiary/aromatic N) is 5. The third-order valence-electron chi connectivity index (χ3n) is 2.99. The maximum absolute atomic E-state index is 12.3. The molecule has 2 rings (SSSR count). The lowest BCUT2D eigenvalue weighted by atomic mass is 10.2. The van der Waals surface area contributed by atoms with Crippen molar-refractivity contribution >= 4 is 33.0 Å². The summed E-state index contributed by atoms with van der Waals surface area (Å²) < 4.78 is 30.3. The monoisotopic (exact) mass is 312 g/mol. The molecule has 0 aliphatic carbocycles. The second kappa shape index (κ2) is 5.66. The number of nitrogens with two attached hydrogens (primary N) is 1. The Balaban J connectivity index is 2.59. The maximum Gasteiger partial charge on any atom is 0.244 e. The van der Waals surface area contributed by atoms with Crippen LogP contribution in [0.5, 0.6) is 0 Å². The van der Waals surface area contributed by atoms with E-state index < -0.39 is 10.0 Å². The lowest BCUT2D eigenvalue weighted by Gasteiger charge is -2.18. The molecule has 10 heteroatoms. The smallest absolute Gasteiger partial charge is 0.244 e. The first-order valence-corrected chi connectivity index (χ1v) is 7.44. The number of anilines is 1. The van der Waals surface area contributed by atoms with Gasteiger partial charge in [0.05, 0.1) is 12.2 Å². The fraction of sp³-hybridized carbons (Fsp3) is 0.364. The molecule has 1 aromatic heterocycles.